The monoisotopic (exact) mass is 406 g/mol. The molecule has 0 bridgehead atoms. The Labute approximate surface area is 174 Å². The van der Waals surface area contributed by atoms with Crippen molar-refractivity contribution in [3.63, 3.8) is 0 Å². The Morgan fingerprint density at radius 2 is 1.77 bits per heavy atom. The summed E-state index contributed by atoms with van der Waals surface area (Å²) in [5, 5.41) is 0. The molecule has 2 saturated heterocycles. The SMILES string of the molecule is COC(=O)CN1C(=O)C(N2C(=O)OC[C@@H]2c2ccccc2)C1C=Cc1ccccc1. The highest BCUT2D eigenvalue weighted by Crippen LogP contribution is 2.37. The van der Waals surface area contributed by atoms with Crippen LogP contribution in [-0.2, 0) is 19.1 Å². The van der Waals surface area contributed by atoms with Gasteiger partial charge in [0.15, 0.2) is 0 Å². The van der Waals surface area contributed by atoms with Gasteiger partial charge in [0.05, 0.1) is 19.2 Å². The molecule has 0 radical (unpaired) electrons. The van der Waals surface area contributed by atoms with Gasteiger partial charge < -0.3 is 14.4 Å². The quantitative estimate of drug-likeness (QED) is 0.545. The molecule has 4 rings (SSSR count). The lowest BCUT2D eigenvalue weighted by Gasteiger charge is -2.49. The molecule has 2 aliphatic rings. The van der Waals surface area contributed by atoms with Crippen molar-refractivity contribution in [1.29, 1.82) is 0 Å². The fourth-order valence-corrected chi connectivity index (χ4v) is 3.88. The number of esters is 1. The molecule has 7 nitrogen and oxygen atoms in total. The first-order chi connectivity index (χ1) is 14.6. The molecule has 2 aromatic carbocycles. The van der Waals surface area contributed by atoms with Crippen molar-refractivity contribution in [3.8, 4) is 0 Å². The molecule has 7 heteroatoms. The van der Waals surface area contributed by atoms with Crippen molar-refractivity contribution in [3.05, 3.63) is 77.9 Å². The van der Waals surface area contributed by atoms with Crippen molar-refractivity contribution >= 4 is 24.0 Å². The van der Waals surface area contributed by atoms with Gasteiger partial charge >= 0.3 is 12.1 Å². The Morgan fingerprint density at radius 3 is 2.43 bits per heavy atom. The molecule has 2 unspecified atom stereocenters. The number of methoxy groups -OCH3 is 1. The van der Waals surface area contributed by atoms with Crippen LogP contribution in [0.5, 0.6) is 0 Å². The van der Waals surface area contributed by atoms with Crippen LogP contribution in [0.3, 0.4) is 0 Å². The molecular weight excluding hydrogens is 384 g/mol. The van der Waals surface area contributed by atoms with E-state index in [-0.39, 0.29) is 25.1 Å². The van der Waals surface area contributed by atoms with E-state index in [1.807, 2.05) is 72.8 Å². The zero-order valence-corrected chi connectivity index (χ0v) is 16.5. The molecule has 30 heavy (non-hydrogen) atoms. The number of nitrogens with zero attached hydrogens (tertiary/aromatic N) is 2. The maximum atomic E-state index is 13.0. The second-order valence-corrected chi connectivity index (χ2v) is 7.16. The van der Waals surface area contributed by atoms with Crippen molar-refractivity contribution in [2.24, 2.45) is 0 Å². The van der Waals surface area contributed by atoms with Crippen LogP contribution >= 0.6 is 0 Å². The molecule has 0 aromatic heterocycles. The van der Waals surface area contributed by atoms with Crippen molar-refractivity contribution in [2.75, 3.05) is 20.3 Å². The van der Waals surface area contributed by atoms with Gasteiger partial charge in [-0.05, 0) is 11.1 Å². The molecule has 2 amide bonds. The van der Waals surface area contributed by atoms with Gasteiger partial charge in [-0.15, -0.1) is 0 Å². The fraction of sp³-hybridized carbons (Fsp3) is 0.261. The van der Waals surface area contributed by atoms with Crippen molar-refractivity contribution in [2.45, 2.75) is 18.1 Å². The lowest BCUT2D eigenvalue weighted by atomic mass is 9.90. The predicted octanol–water partition coefficient (Wildman–Crippen LogP) is 2.65. The summed E-state index contributed by atoms with van der Waals surface area (Å²) in [4.78, 5) is 40.3. The first-order valence-electron chi connectivity index (χ1n) is 9.70. The molecule has 0 spiro atoms. The molecule has 3 atom stereocenters. The molecule has 2 fully saturated rings. The van der Waals surface area contributed by atoms with Gasteiger partial charge in [0.25, 0.3) is 0 Å². The number of hydrogen-bond acceptors (Lipinski definition) is 5. The topological polar surface area (TPSA) is 76.2 Å². The third-order valence-corrected chi connectivity index (χ3v) is 5.43. The smallest absolute Gasteiger partial charge is 0.411 e. The highest BCUT2D eigenvalue weighted by molar-refractivity contribution is 5.96. The zero-order valence-electron chi connectivity index (χ0n) is 16.5. The molecule has 0 aliphatic carbocycles. The van der Waals surface area contributed by atoms with E-state index >= 15 is 0 Å². The number of likely N-dealkylation sites (tertiary alicyclic amines) is 1. The number of β-lactam (4-membered cyclic amide) rings is 1. The molecule has 2 heterocycles. The van der Waals surface area contributed by atoms with E-state index < -0.39 is 24.1 Å². The third kappa shape index (κ3) is 3.66. The standard InChI is InChI=1S/C23H22N2O5/c1-29-20(26)14-24-18(13-12-16-8-4-2-5-9-16)21(22(24)27)25-19(15-30-23(25)28)17-10-6-3-7-11-17/h2-13,18-19,21H,14-15H2,1H3/t18?,19-,21?/m1/s1. The molecule has 0 N–H and O–H groups in total. The summed E-state index contributed by atoms with van der Waals surface area (Å²) in [6, 6.07) is 17.5. The van der Waals surface area contributed by atoms with E-state index in [1.54, 1.807) is 0 Å². The maximum absolute atomic E-state index is 13.0. The van der Waals surface area contributed by atoms with Gasteiger partial charge in [-0.25, -0.2) is 4.79 Å². The van der Waals surface area contributed by atoms with E-state index in [1.165, 1.54) is 16.9 Å². The van der Waals surface area contributed by atoms with Gasteiger partial charge in [0, 0.05) is 0 Å². The first-order valence-corrected chi connectivity index (χ1v) is 9.70. The minimum absolute atomic E-state index is 0.172. The van der Waals surface area contributed by atoms with Crippen molar-refractivity contribution in [1.82, 2.24) is 9.80 Å². The van der Waals surface area contributed by atoms with Crippen LogP contribution in [0.25, 0.3) is 6.08 Å². The summed E-state index contributed by atoms with van der Waals surface area (Å²) in [6.07, 6.45) is 3.20. The lowest BCUT2D eigenvalue weighted by molar-refractivity contribution is -0.162. The molecule has 154 valence electrons. The average Bonchev–Trinajstić information content (AvgIpc) is 3.16. The Kier molecular flexibility index (Phi) is 5.52. The highest BCUT2D eigenvalue weighted by atomic mass is 16.6. The van der Waals surface area contributed by atoms with Gasteiger partial charge in [-0.1, -0.05) is 72.8 Å². The summed E-state index contributed by atoms with van der Waals surface area (Å²) in [5.74, 6) is -0.814. The average molecular weight is 406 g/mol. The number of cyclic esters (lactones) is 1. The van der Waals surface area contributed by atoms with E-state index in [0.717, 1.165) is 11.1 Å². The van der Waals surface area contributed by atoms with Crippen LogP contribution in [-0.4, -0.2) is 60.1 Å². The first kappa shape index (κ1) is 19.7. The summed E-state index contributed by atoms with van der Waals surface area (Å²) >= 11 is 0. The van der Waals surface area contributed by atoms with Crippen molar-refractivity contribution < 1.29 is 23.9 Å². The van der Waals surface area contributed by atoms with Gasteiger partial charge in [-0.2, -0.15) is 0 Å². The normalized spacial score (nSPS) is 23.4. The zero-order chi connectivity index (χ0) is 21.1. The van der Waals surface area contributed by atoms with Crippen LogP contribution in [0.2, 0.25) is 0 Å². The van der Waals surface area contributed by atoms with Crippen LogP contribution in [0.15, 0.2) is 66.7 Å². The van der Waals surface area contributed by atoms with Gasteiger partial charge in [-0.3, -0.25) is 14.5 Å². The Balaban J connectivity index is 1.63. The number of carbonyl (C=O) groups excluding carboxylic acids is 3. The van der Waals surface area contributed by atoms with Crippen LogP contribution in [0.4, 0.5) is 4.79 Å². The number of amides is 2. The van der Waals surface area contributed by atoms with E-state index in [4.69, 9.17) is 9.47 Å². The molecule has 2 aliphatic heterocycles. The summed E-state index contributed by atoms with van der Waals surface area (Å²) in [5.41, 5.74) is 1.85. The number of ether oxygens (including phenoxy) is 2. The second kappa shape index (κ2) is 8.41. The van der Waals surface area contributed by atoms with Gasteiger partial charge in [0.1, 0.15) is 19.2 Å². The van der Waals surface area contributed by atoms with E-state index in [0.29, 0.717) is 0 Å². The number of benzene rings is 2. The summed E-state index contributed by atoms with van der Waals surface area (Å²) in [6.45, 7) is 0.00721. The molecule has 0 saturated carbocycles. The Morgan fingerprint density at radius 1 is 1.10 bits per heavy atom. The molecule has 2 aromatic rings. The number of hydrogen-bond donors (Lipinski definition) is 0. The summed E-state index contributed by atoms with van der Waals surface area (Å²) < 4.78 is 10.0. The number of rotatable bonds is 6. The van der Waals surface area contributed by atoms with Crippen LogP contribution in [0.1, 0.15) is 17.2 Å². The highest BCUT2D eigenvalue weighted by Gasteiger charge is 2.55. The lowest BCUT2D eigenvalue weighted by Crippen LogP contribution is -2.71. The Bertz CT molecular complexity index is 960. The van der Waals surface area contributed by atoms with Crippen LogP contribution < -0.4 is 0 Å². The third-order valence-electron chi connectivity index (χ3n) is 5.43. The summed E-state index contributed by atoms with van der Waals surface area (Å²) in [7, 11) is 1.28. The maximum Gasteiger partial charge on any atom is 0.411 e. The minimum Gasteiger partial charge on any atom is -0.468 e. The molecular formula is C23H22N2O5. The van der Waals surface area contributed by atoms with Gasteiger partial charge in [0.2, 0.25) is 5.91 Å². The largest absolute Gasteiger partial charge is 0.468 e. The predicted molar refractivity (Wildman–Crippen MR) is 109 cm³/mol. The van der Waals surface area contributed by atoms with Crippen LogP contribution in [0, 0.1) is 0 Å². The Hall–Kier alpha value is -3.61. The second-order valence-electron chi connectivity index (χ2n) is 7.16. The van der Waals surface area contributed by atoms with E-state index in [2.05, 4.69) is 0 Å². The van der Waals surface area contributed by atoms with E-state index in [9.17, 15) is 14.4 Å². The number of carbonyl (C=O) groups is 3. The fourth-order valence-electron chi connectivity index (χ4n) is 3.88. The minimum atomic E-state index is -0.741.